The van der Waals surface area contributed by atoms with E-state index in [9.17, 15) is 13.7 Å². The topological polar surface area (TPSA) is 73.2 Å². The van der Waals surface area contributed by atoms with Crippen LogP contribution in [-0.2, 0) is 9.84 Å². The summed E-state index contributed by atoms with van der Waals surface area (Å²) in [4.78, 5) is 2.55. The number of hydrogen-bond donors (Lipinski definition) is 1. The Labute approximate surface area is 178 Å². The molecule has 3 aliphatic rings. The number of halogens is 1. The number of rotatable bonds is 6. The molecule has 156 valence electrons. The van der Waals surface area contributed by atoms with Gasteiger partial charge in [0.2, 0.25) is 0 Å². The van der Waals surface area contributed by atoms with Gasteiger partial charge in [0.1, 0.15) is 5.54 Å². The van der Waals surface area contributed by atoms with Crippen molar-refractivity contribution in [1.82, 2.24) is 10.2 Å². The number of likely N-dealkylation sites (tertiary alicyclic amines) is 1. The first-order chi connectivity index (χ1) is 13.9. The van der Waals surface area contributed by atoms with Crippen LogP contribution in [0.5, 0.6) is 0 Å². The van der Waals surface area contributed by atoms with Crippen LogP contribution < -0.4 is 5.32 Å². The third-order valence-corrected chi connectivity index (χ3v) is 9.32. The molecule has 1 aromatic rings. The molecular weight excluding hydrogens is 406 g/mol. The molecule has 0 amide bonds. The van der Waals surface area contributed by atoms with Crippen LogP contribution in [0.25, 0.3) is 0 Å². The molecule has 0 radical (unpaired) electrons. The lowest BCUT2D eigenvalue weighted by atomic mass is 9.93. The van der Waals surface area contributed by atoms with Gasteiger partial charge in [0.15, 0.2) is 9.84 Å². The van der Waals surface area contributed by atoms with E-state index in [1.165, 1.54) is 19.3 Å². The van der Waals surface area contributed by atoms with Gasteiger partial charge in [-0.3, -0.25) is 4.90 Å². The Morgan fingerprint density at radius 1 is 1.24 bits per heavy atom. The smallest absolute Gasteiger partial charge is 0.184 e. The Balaban J connectivity index is 1.60. The third-order valence-electron chi connectivity index (χ3n) is 6.69. The summed E-state index contributed by atoms with van der Waals surface area (Å²) in [6.45, 7) is 4.73. The number of nitriles is 1. The van der Waals surface area contributed by atoms with E-state index in [1.807, 2.05) is 0 Å². The SMILES string of the molecule is C=C(NC1(C#N)CC1)[C@@H]1CC(S(=O)(=O)c2ccccc2Cl)CN1C1CCCCC1. The molecule has 4 rings (SSSR count). The summed E-state index contributed by atoms with van der Waals surface area (Å²) < 4.78 is 26.8. The predicted molar refractivity (Wildman–Crippen MR) is 114 cm³/mol. The number of nitrogens with one attached hydrogen (secondary N) is 1. The summed E-state index contributed by atoms with van der Waals surface area (Å²) in [5.41, 5.74) is 0.279. The number of sulfone groups is 1. The molecule has 0 bridgehead atoms. The van der Waals surface area contributed by atoms with E-state index >= 15 is 0 Å². The van der Waals surface area contributed by atoms with Crippen LogP contribution in [0.2, 0.25) is 5.02 Å². The molecule has 1 heterocycles. The van der Waals surface area contributed by atoms with Crippen molar-refractivity contribution >= 4 is 21.4 Å². The summed E-state index contributed by atoms with van der Waals surface area (Å²) in [6.07, 6.45) is 7.90. The molecule has 3 fully saturated rings. The number of benzene rings is 1. The van der Waals surface area contributed by atoms with E-state index in [0.29, 0.717) is 19.0 Å². The van der Waals surface area contributed by atoms with Crippen molar-refractivity contribution in [2.24, 2.45) is 0 Å². The second-order valence-electron chi connectivity index (χ2n) is 8.68. The van der Waals surface area contributed by atoms with Crippen LogP contribution in [-0.4, -0.2) is 42.7 Å². The van der Waals surface area contributed by atoms with Crippen LogP contribution in [0.1, 0.15) is 51.4 Å². The maximum Gasteiger partial charge on any atom is 0.184 e. The van der Waals surface area contributed by atoms with Gasteiger partial charge in [-0.05, 0) is 44.2 Å². The maximum absolute atomic E-state index is 13.4. The highest BCUT2D eigenvalue weighted by atomic mass is 35.5. The van der Waals surface area contributed by atoms with Crippen LogP contribution in [0, 0.1) is 11.3 Å². The van der Waals surface area contributed by atoms with E-state index in [0.717, 1.165) is 31.4 Å². The highest BCUT2D eigenvalue weighted by molar-refractivity contribution is 7.92. The molecular formula is C22H28ClN3O2S. The standard InChI is InChI=1S/C22H28ClN3O2S/c1-16(25-22(15-24)11-12-22)20-13-18(14-26(20)17-7-3-2-4-8-17)29(27,28)21-10-6-5-9-19(21)23/h5-6,9-10,17-18,20,25H,1-4,7-8,11-14H2/t18?,20-/m0/s1. The van der Waals surface area contributed by atoms with Crippen molar-refractivity contribution < 1.29 is 8.42 Å². The first-order valence-corrected chi connectivity index (χ1v) is 12.4. The van der Waals surface area contributed by atoms with E-state index in [-0.39, 0.29) is 16.0 Å². The summed E-state index contributed by atoms with van der Waals surface area (Å²) in [6, 6.07) is 9.33. The fourth-order valence-corrected chi connectivity index (χ4v) is 7.07. The first kappa shape index (κ1) is 20.7. The van der Waals surface area contributed by atoms with Gasteiger partial charge in [-0.1, -0.05) is 49.6 Å². The quantitative estimate of drug-likeness (QED) is 0.732. The Bertz CT molecular complexity index is 930. The summed E-state index contributed by atoms with van der Waals surface area (Å²) in [5, 5.41) is 12.5. The van der Waals surface area contributed by atoms with Gasteiger partial charge >= 0.3 is 0 Å². The Morgan fingerprint density at radius 2 is 1.93 bits per heavy atom. The van der Waals surface area contributed by atoms with Crippen LogP contribution in [0.15, 0.2) is 41.4 Å². The number of nitrogens with zero attached hydrogens (tertiary/aromatic N) is 2. The van der Waals surface area contributed by atoms with Gasteiger partial charge in [0.25, 0.3) is 0 Å². The molecule has 1 N–H and O–H groups in total. The molecule has 1 aliphatic heterocycles. The maximum atomic E-state index is 13.4. The molecule has 1 saturated heterocycles. The second-order valence-corrected chi connectivity index (χ2v) is 11.3. The minimum Gasteiger partial charge on any atom is -0.370 e. The second kappa shape index (κ2) is 7.94. The molecule has 2 aliphatic carbocycles. The molecule has 1 aromatic carbocycles. The van der Waals surface area contributed by atoms with Crippen molar-refractivity contribution in [2.75, 3.05) is 6.54 Å². The fourth-order valence-electron chi connectivity index (χ4n) is 4.84. The van der Waals surface area contributed by atoms with Crippen molar-refractivity contribution in [3.8, 4) is 6.07 Å². The molecule has 29 heavy (non-hydrogen) atoms. The van der Waals surface area contributed by atoms with Crippen LogP contribution in [0.4, 0.5) is 0 Å². The molecule has 7 heteroatoms. The summed E-state index contributed by atoms with van der Waals surface area (Å²) in [5.74, 6) is 0. The van der Waals surface area contributed by atoms with Gasteiger partial charge in [-0.2, -0.15) is 5.26 Å². The average Bonchev–Trinajstić information content (AvgIpc) is 3.34. The van der Waals surface area contributed by atoms with Gasteiger partial charge < -0.3 is 5.32 Å². The Kier molecular flexibility index (Phi) is 5.67. The number of hydrogen-bond acceptors (Lipinski definition) is 5. The van der Waals surface area contributed by atoms with Crippen molar-refractivity contribution in [1.29, 1.82) is 5.26 Å². The Hall–Kier alpha value is -1.55. The van der Waals surface area contributed by atoms with Crippen molar-refractivity contribution in [3.05, 3.63) is 41.6 Å². The minimum atomic E-state index is -3.55. The average molecular weight is 434 g/mol. The van der Waals surface area contributed by atoms with Gasteiger partial charge in [-0.15, -0.1) is 0 Å². The molecule has 2 saturated carbocycles. The summed E-state index contributed by atoms with van der Waals surface area (Å²) >= 11 is 6.23. The molecule has 0 aromatic heterocycles. The lowest BCUT2D eigenvalue weighted by Crippen LogP contribution is -2.45. The van der Waals surface area contributed by atoms with E-state index in [1.54, 1.807) is 24.3 Å². The van der Waals surface area contributed by atoms with Gasteiger partial charge in [0.05, 0.1) is 27.3 Å². The third kappa shape index (κ3) is 4.05. The zero-order valence-electron chi connectivity index (χ0n) is 16.6. The highest BCUT2D eigenvalue weighted by Crippen LogP contribution is 2.40. The van der Waals surface area contributed by atoms with Crippen LogP contribution in [0.3, 0.4) is 0 Å². The zero-order chi connectivity index (χ0) is 20.6. The van der Waals surface area contributed by atoms with Crippen LogP contribution >= 0.6 is 11.6 Å². The summed E-state index contributed by atoms with van der Waals surface area (Å²) in [7, 11) is -3.55. The molecule has 2 atom stereocenters. The van der Waals surface area contributed by atoms with Crippen molar-refractivity contribution in [3.63, 3.8) is 0 Å². The molecule has 0 spiro atoms. The lowest BCUT2D eigenvalue weighted by Gasteiger charge is -2.36. The first-order valence-electron chi connectivity index (χ1n) is 10.5. The van der Waals surface area contributed by atoms with E-state index in [4.69, 9.17) is 11.6 Å². The molecule has 1 unspecified atom stereocenters. The largest absolute Gasteiger partial charge is 0.370 e. The highest BCUT2D eigenvalue weighted by Gasteiger charge is 2.48. The van der Waals surface area contributed by atoms with Crippen molar-refractivity contribution in [2.45, 2.75) is 79.1 Å². The predicted octanol–water partition coefficient (Wildman–Crippen LogP) is 4.05. The lowest BCUT2D eigenvalue weighted by molar-refractivity contribution is 0.153. The normalized spacial score (nSPS) is 27.3. The van der Waals surface area contributed by atoms with Gasteiger partial charge in [-0.25, -0.2) is 8.42 Å². The monoisotopic (exact) mass is 433 g/mol. The van der Waals surface area contributed by atoms with E-state index < -0.39 is 20.6 Å². The Morgan fingerprint density at radius 3 is 2.55 bits per heavy atom. The fraction of sp³-hybridized carbons (Fsp3) is 0.591. The van der Waals surface area contributed by atoms with E-state index in [2.05, 4.69) is 22.9 Å². The zero-order valence-corrected chi connectivity index (χ0v) is 18.2. The molecule has 5 nitrogen and oxygen atoms in total. The minimum absolute atomic E-state index is 0.0776. The van der Waals surface area contributed by atoms with Gasteiger partial charge in [0, 0.05) is 18.3 Å².